The minimum Gasteiger partial charge on any atom is -0.303 e. The fourth-order valence-corrected chi connectivity index (χ4v) is 2.75. The summed E-state index contributed by atoms with van der Waals surface area (Å²) in [5, 5.41) is 3.97. The van der Waals surface area contributed by atoms with E-state index < -0.39 is 0 Å². The van der Waals surface area contributed by atoms with Crippen LogP contribution in [0.3, 0.4) is 0 Å². The van der Waals surface area contributed by atoms with Crippen LogP contribution < -0.4 is 0 Å². The minimum absolute atomic E-state index is 0.0543. The summed E-state index contributed by atoms with van der Waals surface area (Å²) >= 11 is 0. The third-order valence-corrected chi connectivity index (χ3v) is 3.77. The van der Waals surface area contributed by atoms with Gasteiger partial charge in [-0.15, -0.1) is 0 Å². The van der Waals surface area contributed by atoms with Gasteiger partial charge in [0.25, 0.3) is 0 Å². The van der Waals surface area contributed by atoms with E-state index in [1.54, 1.807) is 6.07 Å². The Balaban J connectivity index is 2.91. The normalized spacial score (nSPS) is 12.6. The molecule has 0 aromatic heterocycles. The van der Waals surface area contributed by atoms with E-state index in [9.17, 15) is 14.0 Å². The number of hydrazine groups is 1. The molecule has 1 aromatic rings. The van der Waals surface area contributed by atoms with E-state index in [0.29, 0.717) is 19.3 Å². The number of carbonyl (C=O) groups is 2. The Morgan fingerprint density at radius 2 is 2.04 bits per heavy atom. The Labute approximate surface area is 138 Å². The molecule has 1 rings (SSSR count). The van der Waals surface area contributed by atoms with E-state index in [0.717, 1.165) is 24.9 Å². The highest BCUT2D eigenvalue weighted by Crippen LogP contribution is 2.16. The third kappa shape index (κ3) is 6.20. The number of aldehydes is 1. The van der Waals surface area contributed by atoms with Crippen LogP contribution in [0.15, 0.2) is 24.3 Å². The SMILES string of the molecule is CCCC(C(=O)CC=O)N(CCC)N(C)Cc1cccc(F)c1. The summed E-state index contributed by atoms with van der Waals surface area (Å²) < 4.78 is 13.3. The molecule has 0 saturated heterocycles. The van der Waals surface area contributed by atoms with Crippen LogP contribution in [-0.2, 0) is 16.1 Å². The number of hydrogen-bond acceptors (Lipinski definition) is 4. The van der Waals surface area contributed by atoms with E-state index in [-0.39, 0.29) is 24.1 Å². The molecule has 0 aliphatic heterocycles. The number of benzene rings is 1. The molecule has 1 unspecified atom stereocenters. The summed E-state index contributed by atoms with van der Waals surface area (Å²) in [6.07, 6.45) is 3.08. The quantitative estimate of drug-likeness (QED) is 0.356. The molecule has 4 nitrogen and oxygen atoms in total. The second-order valence-electron chi connectivity index (χ2n) is 5.75. The number of hydrogen-bond donors (Lipinski definition) is 0. The third-order valence-electron chi connectivity index (χ3n) is 3.77. The first-order chi connectivity index (χ1) is 11.0. The van der Waals surface area contributed by atoms with E-state index in [4.69, 9.17) is 0 Å². The van der Waals surface area contributed by atoms with E-state index in [2.05, 4.69) is 6.92 Å². The standard InChI is InChI=1S/C18H27FN2O2/c1-4-7-17(18(23)10-12-22)21(11-5-2)20(3)14-15-8-6-9-16(19)13-15/h6,8-9,12-13,17H,4-5,7,10-11,14H2,1-3H3. The smallest absolute Gasteiger partial charge is 0.158 e. The maximum atomic E-state index is 13.3. The minimum atomic E-state index is -0.302. The van der Waals surface area contributed by atoms with Gasteiger partial charge in [0.2, 0.25) is 0 Å². The molecule has 23 heavy (non-hydrogen) atoms. The van der Waals surface area contributed by atoms with Gasteiger partial charge in [-0.1, -0.05) is 32.4 Å². The van der Waals surface area contributed by atoms with Crippen molar-refractivity contribution in [1.29, 1.82) is 0 Å². The molecule has 0 radical (unpaired) electrons. The lowest BCUT2D eigenvalue weighted by Gasteiger charge is -2.37. The van der Waals surface area contributed by atoms with Crippen molar-refractivity contribution < 1.29 is 14.0 Å². The Kier molecular flexibility index (Phi) is 8.66. The van der Waals surface area contributed by atoms with E-state index in [1.165, 1.54) is 12.1 Å². The van der Waals surface area contributed by atoms with Crippen LogP contribution in [0, 0.1) is 5.82 Å². The van der Waals surface area contributed by atoms with Crippen molar-refractivity contribution in [3.63, 3.8) is 0 Å². The van der Waals surface area contributed by atoms with Gasteiger partial charge >= 0.3 is 0 Å². The highest BCUT2D eigenvalue weighted by molar-refractivity contribution is 5.93. The Morgan fingerprint density at radius 3 is 2.61 bits per heavy atom. The number of ketones is 1. The zero-order chi connectivity index (χ0) is 17.2. The molecule has 0 bridgehead atoms. The molecule has 0 fully saturated rings. The molecule has 5 heteroatoms. The Morgan fingerprint density at radius 1 is 1.30 bits per heavy atom. The maximum Gasteiger partial charge on any atom is 0.158 e. The molecule has 128 valence electrons. The summed E-state index contributed by atoms with van der Waals surface area (Å²) in [7, 11) is 1.90. The van der Waals surface area contributed by atoms with Gasteiger partial charge in [0.15, 0.2) is 5.78 Å². The lowest BCUT2D eigenvalue weighted by molar-refractivity contribution is -0.135. The van der Waals surface area contributed by atoms with Crippen molar-refractivity contribution in [3.05, 3.63) is 35.6 Å². The molecule has 0 N–H and O–H groups in total. The topological polar surface area (TPSA) is 40.6 Å². The van der Waals surface area contributed by atoms with Gasteiger partial charge in [-0.3, -0.25) is 4.79 Å². The Bertz CT molecular complexity index is 508. The molecular formula is C18H27FN2O2. The lowest BCUT2D eigenvalue weighted by Crippen LogP contribution is -2.50. The highest BCUT2D eigenvalue weighted by Gasteiger charge is 2.27. The van der Waals surface area contributed by atoms with Crippen molar-refractivity contribution >= 4 is 12.1 Å². The van der Waals surface area contributed by atoms with Crippen molar-refractivity contribution in [3.8, 4) is 0 Å². The van der Waals surface area contributed by atoms with Gasteiger partial charge in [0.1, 0.15) is 12.1 Å². The highest BCUT2D eigenvalue weighted by atomic mass is 19.1. The van der Waals surface area contributed by atoms with Crippen LogP contribution >= 0.6 is 0 Å². The number of halogens is 1. The predicted molar refractivity (Wildman–Crippen MR) is 89.2 cm³/mol. The molecular weight excluding hydrogens is 295 g/mol. The first-order valence-electron chi connectivity index (χ1n) is 8.21. The van der Waals surface area contributed by atoms with E-state index in [1.807, 2.05) is 30.1 Å². The monoisotopic (exact) mass is 322 g/mol. The summed E-state index contributed by atoms with van der Waals surface area (Å²) in [6, 6.07) is 6.17. The molecule has 1 atom stereocenters. The lowest BCUT2D eigenvalue weighted by atomic mass is 10.0. The summed E-state index contributed by atoms with van der Waals surface area (Å²) in [4.78, 5) is 23.0. The van der Waals surface area contributed by atoms with E-state index >= 15 is 0 Å². The zero-order valence-corrected chi connectivity index (χ0v) is 14.3. The largest absolute Gasteiger partial charge is 0.303 e. The van der Waals surface area contributed by atoms with Crippen LogP contribution in [0.1, 0.15) is 45.1 Å². The van der Waals surface area contributed by atoms with Gasteiger partial charge in [-0.25, -0.2) is 14.4 Å². The average molecular weight is 322 g/mol. The summed E-state index contributed by atoms with van der Waals surface area (Å²) in [6.45, 7) is 5.32. The second kappa shape index (κ2) is 10.2. The summed E-state index contributed by atoms with van der Waals surface area (Å²) in [5.74, 6) is -0.318. The van der Waals surface area contributed by atoms with Crippen LogP contribution in [-0.4, -0.2) is 41.7 Å². The molecule has 0 aliphatic rings. The zero-order valence-electron chi connectivity index (χ0n) is 14.3. The molecule has 0 amide bonds. The molecule has 1 aromatic carbocycles. The van der Waals surface area contributed by atoms with Gasteiger partial charge in [-0.2, -0.15) is 0 Å². The van der Waals surface area contributed by atoms with Gasteiger partial charge in [-0.05, 0) is 30.5 Å². The molecule has 0 heterocycles. The second-order valence-corrected chi connectivity index (χ2v) is 5.75. The molecule has 0 saturated carbocycles. The van der Waals surface area contributed by atoms with Crippen LogP contribution in [0.4, 0.5) is 4.39 Å². The van der Waals surface area contributed by atoms with Crippen LogP contribution in [0.5, 0.6) is 0 Å². The van der Waals surface area contributed by atoms with Gasteiger partial charge in [0.05, 0.1) is 12.5 Å². The predicted octanol–water partition coefficient (Wildman–Crippen LogP) is 3.21. The van der Waals surface area contributed by atoms with Crippen molar-refractivity contribution in [2.24, 2.45) is 0 Å². The maximum absolute atomic E-state index is 13.3. The Hall–Kier alpha value is -1.59. The average Bonchev–Trinajstić information content (AvgIpc) is 2.51. The summed E-state index contributed by atoms with van der Waals surface area (Å²) in [5.41, 5.74) is 0.853. The first kappa shape index (κ1) is 19.5. The first-order valence-corrected chi connectivity index (χ1v) is 8.21. The number of nitrogens with zero attached hydrogens (tertiary/aromatic N) is 2. The van der Waals surface area contributed by atoms with Crippen LogP contribution in [0.2, 0.25) is 0 Å². The van der Waals surface area contributed by atoms with Crippen molar-refractivity contribution in [2.75, 3.05) is 13.6 Å². The van der Waals surface area contributed by atoms with Crippen molar-refractivity contribution in [1.82, 2.24) is 10.0 Å². The fourth-order valence-electron chi connectivity index (χ4n) is 2.75. The van der Waals surface area contributed by atoms with Crippen molar-refractivity contribution in [2.45, 2.75) is 52.1 Å². The number of carbonyl (C=O) groups excluding carboxylic acids is 2. The van der Waals surface area contributed by atoms with Crippen LogP contribution in [0.25, 0.3) is 0 Å². The fraction of sp³-hybridized carbons (Fsp3) is 0.556. The molecule has 0 spiro atoms. The number of rotatable bonds is 11. The van der Waals surface area contributed by atoms with Gasteiger partial charge in [0, 0.05) is 20.1 Å². The molecule has 0 aliphatic carbocycles. The van der Waals surface area contributed by atoms with Gasteiger partial charge < -0.3 is 4.79 Å². The number of Topliss-reactive ketones (excluding diaryl/α,β-unsaturated/α-hetero) is 1.